The molecule has 1 fully saturated rings. The average Bonchev–Trinajstić information content (AvgIpc) is 3.30. The van der Waals surface area contributed by atoms with Crippen LogP contribution in [0.4, 0.5) is 0 Å². The number of amidine groups is 1. The summed E-state index contributed by atoms with van der Waals surface area (Å²) in [4.78, 5) is 11.2. The van der Waals surface area contributed by atoms with Gasteiger partial charge < -0.3 is 5.32 Å². The molecule has 0 spiro atoms. The summed E-state index contributed by atoms with van der Waals surface area (Å²) in [5.41, 5.74) is 3.63. The van der Waals surface area contributed by atoms with Gasteiger partial charge in [0, 0.05) is 17.3 Å². The molecule has 7 heteroatoms. The van der Waals surface area contributed by atoms with Gasteiger partial charge in [0.2, 0.25) is 5.91 Å². The number of nitrogens with one attached hydrogen (secondary N) is 1. The van der Waals surface area contributed by atoms with Crippen molar-refractivity contribution in [2.45, 2.75) is 0 Å². The molecule has 0 atom stereocenters. The van der Waals surface area contributed by atoms with Crippen molar-refractivity contribution in [1.82, 2.24) is 15.1 Å². The topological polar surface area (TPSA) is 71.6 Å². The standard InChI is InChI=1S/C19H15N5OS/c25-17-13-26-19(21-17)22-20-11-15-12-24(16-9-5-2-6-10-16)23-18(15)14-7-3-1-4-8-14/h1-12H,13H2,(H,21,22,25)/b20-11-. The SMILES string of the molecule is O=C1CS/C(=N\N=C/c2cn(-c3ccccc3)nc2-c2ccccc2)N1. The fourth-order valence-electron chi connectivity index (χ4n) is 2.54. The van der Waals surface area contributed by atoms with Crippen molar-refractivity contribution in [2.75, 3.05) is 5.75 Å². The van der Waals surface area contributed by atoms with E-state index >= 15 is 0 Å². The molecular formula is C19H15N5OS. The molecule has 2 aromatic carbocycles. The van der Waals surface area contributed by atoms with E-state index < -0.39 is 0 Å². The Morgan fingerprint density at radius 2 is 1.81 bits per heavy atom. The zero-order valence-corrected chi connectivity index (χ0v) is 14.6. The van der Waals surface area contributed by atoms with Gasteiger partial charge in [0.25, 0.3) is 0 Å². The molecule has 1 aromatic heterocycles. The second kappa shape index (κ2) is 7.37. The lowest BCUT2D eigenvalue weighted by molar-refractivity contribution is -0.116. The van der Waals surface area contributed by atoms with Crippen LogP contribution in [0, 0.1) is 0 Å². The largest absolute Gasteiger partial charge is 0.303 e. The smallest absolute Gasteiger partial charge is 0.236 e. The summed E-state index contributed by atoms with van der Waals surface area (Å²) in [7, 11) is 0. The van der Waals surface area contributed by atoms with Crippen LogP contribution >= 0.6 is 11.8 Å². The van der Waals surface area contributed by atoms with Gasteiger partial charge in [0.1, 0.15) is 5.69 Å². The zero-order chi connectivity index (χ0) is 17.8. The number of hydrogen-bond acceptors (Lipinski definition) is 5. The third-order valence-electron chi connectivity index (χ3n) is 3.74. The molecule has 0 aliphatic carbocycles. The van der Waals surface area contributed by atoms with E-state index in [0.717, 1.165) is 22.5 Å². The van der Waals surface area contributed by atoms with Gasteiger partial charge in [-0.25, -0.2) is 4.68 Å². The molecule has 1 N–H and O–H groups in total. The predicted molar refractivity (Wildman–Crippen MR) is 105 cm³/mol. The van der Waals surface area contributed by atoms with Crippen LogP contribution in [0.3, 0.4) is 0 Å². The molecule has 0 bridgehead atoms. The molecule has 1 saturated heterocycles. The first-order valence-corrected chi connectivity index (χ1v) is 9.02. The van der Waals surface area contributed by atoms with E-state index in [1.807, 2.05) is 71.5 Å². The Morgan fingerprint density at radius 1 is 1.08 bits per heavy atom. The summed E-state index contributed by atoms with van der Waals surface area (Å²) in [5, 5.41) is 16.1. The summed E-state index contributed by atoms with van der Waals surface area (Å²) in [6, 6.07) is 19.8. The predicted octanol–water partition coefficient (Wildman–Crippen LogP) is 3.09. The number of carbonyl (C=O) groups excluding carboxylic acids is 1. The minimum Gasteiger partial charge on any atom is -0.303 e. The van der Waals surface area contributed by atoms with Crippen molar-refractivity contribution in [2.24, 2.45) is 10.2 Å². The van der Waals surface area contributed by atoms with E-state index in [-0.39, 0.29) is 5.91 Å². The Hall–Kier alpha value is -3.19. The summed E-state index contributed by atoms with van der Waals surface area (Å²) >= 11 is 1.34. The Labute approximate surface area is 154 Å². The Morgan fingerprint density at radius 3 is 2.50 bits per heavy atom. The monoisotopic (exact) mass is 361 g/mol. The molecule has 0 radical (unpaired) electrons. The van der Waals surface area contributed by atoms with Crippen molar-refractivity contribution in [3.8, 4) is 16.9 Å². The minimum absolute atomic E-state index is 0.0502. The van der Waals surface area contributed by atoms with Crippen LogP contribution in [0.15, 0.2) is 77.1 Å². The van der Waals surface area contributed by atoms with Gasteiger partial charge in [0.15, 0.2) is 5.17 Å². The first kappa shape index (κ1) is 16.3. The van der Waals surface area contributed by atoms with Gasteiger partial charge in [-0.2, -0.15) is 10.2 Å². The number of amides is 1. The van der Waals surface area contributed by atoms with E-state index in [9.17, 15) is 4.79 Å². The third kappa shape index (κ3) is 3.57. The average molecular weight is 361 g/mol. The van der Waals surface area contributed by atoms with Crippen LogP contribution in [0.5, 0.6) is 0 Å². The lowest BCUT2D eigenvalue weighted by Crippen LogP contribution is -2.19. The number of thioether (sulfide) groups is 1. The maximum absolute atomic E-state index is 11.2. The summed E-state index contributed by atoms with van der Waals surface area (Å²) < 4.78 is 1.82. The van der Waals surface area contributed by atoms with Crippen molar-refractivity contribution in [1.29, 1.82) is 0 Å². The lowest BCUT2D eigenvalue weighted by atomic mass is 10.1. The molecule has 6 nitrogen and oxygen atoms in total. The zero-order valence-electron chi connectivity index (χ0n) is 13.7. The molecule has 3 aromatic rings. The van der Waals surface area contributed by atoms with Crippen LogP contribution in [0.25, 0.3) is 16.9 Å². The number of nitrogens with zero attached hydrogens (tertiary/aromatic N) is 4. The van der Waals surface area contributed by atoms with E-state index in [1.165, 1.54) is 11.8 Å². The van der Waals surface area contributed by atoms with Crippen LogP contribution in [0.1, 0.15) is 5.56 Å². The van der Waals surface area contributed by atoms with Gasteiger partial charge in [-0.15, -0.1) is 5.10 Å². The van der Waals surface area contributed by atoms with Crippen molar-refractivity contribution in [3.05, 3.63) is 72.4 Å². The normalized spacial score (nSPS) is 15.7. The quantitative estimate of drug-likeness (QED) is 0.573. The number of para-hydroxylation sites is 1. The lowest BCUT2D eigenvalue weighted by Gasteiger charge is -2.00. The van der Waals surface area contributed by atoms with Crippen LogP contribution < -0.4 is 5.32 Å². The second-order valence-corrected chi connectivity index (χ2v) is 6.53. The van der Waals surface area contributed by atoms with Crippen molar-refractivity contribution in [3.63, 3.8) is 0 Å². The van der Waals surface area contributed by atoms with E-state index in [1.54, 1.807) is 6.21 Å². The highest BCUT2D eigenvalue weighted by molar-refractivity contribution is 8.15. The van der Waals surface area contributed by atoms with Gasteiger partial charge in [-0.3, -0.25) is 4.79 Å². The van der Waals surface area contributed by atoms with Crippen LogP contribution in [-0.4, -0.2) is 32.8 Å². The minimum atomic E-state index is -0.0502. The van der Waals surface area contributed by atoms with E-state index in [4.69, 9.17) is 5.10 Å². The maximum atomic E-state index is 11.2. The summed E-state index contributed by atoms with van der Waals surface area (Å²) in [5.74, 6) is 0.334. The van der Waals surface area contributed by atoms with Crippen molar-refractivity contribution >= 4 is 29.1 Å². The highest BCUT2D eigenvalue weighted by Gasteiger charge is 2.16. The number of aromatic nitrogens is 2. The van der Waals surface area contributed by atoms with E-state index in [0.29, 0.717) is 10.9 Å². The van der Waals surface area contributed by atoms with E-state index in [2.05, 4.69) is 15.5 Å². The molecule has 1 aliphatic heterocycles. The molecule has 1 aliphatic rings. The number of hydrogen-bond donors (Lipinski definition) is 1. The fourth-order valence-corrected chi connectivity index (χ4v) is 3.17. The summed E-state index contributed by atoms with van der Waals surface area (Å²) in [6.07, 6.45) is 3.58. The maximum Gasteiger partial charge on any atom is 0.236 e. The molecular weight excluding hydrogens is 346 g/mol. The highest BCUT2D eigenvalue weighted by Crippen LogP contribution is 2.22. The molecule has 128 valence electrons. The molecule has 2 heterocycles. The van der Waals surface area contributed by atoms with Gasteiger partial charge >= 0.3 is 0 Å². The van der Waals surface area contributed by atoms with Crippen LogP contribution in [0.2, 0.25) is 0 Å². The molecule has 26 heavy (non-hydrogen) atoms. The van der Waals surface area contributed by atoms with Crippen LogP contribution in [-0.2, 0) is 4.79 Å². The van der Waals surface area contributed by atoms with Gasteiger partial charge in [-0.05, 0) is 12.1 Å². The van der Waals surface area contributed by atoms with Gasteiger partial charge in [-0.1, -0.05) is 60.3 Å². The Kier molecular flexibility index (Phi) is 4.61. The molecule has 4 rings (SSSR count). The van der Waals surface area contributed by atoms with Gasteiger partial charge in [0.05, 0.1) is 17.7 Å². The third-order valence-corrected chi connectivity index (χ3v) is 4.61. The number of carbonyl (C=O) groups is 1. The highest BCUT2D eigenvalue weighted by atomic mass is 32.2. The first-order chi connectivity index (χ1) is 12.8. The summed E-state index contributed by atoms with van der Waals surface area (Å²) in [6.45, 7) is 0. The number of rotatable bonds is 4. The molecule has 1 amide bonds. The Balaban J connectivity index is 1.70. The first-order valence-electron chi connectivity index (χ1n) is 8.04. The molecule has 0 unspecified atom stereocenters. The second-order valence-electron chi connectivity index (χ2n) is 5.57. The molecule has 0 saturated carbocycles. The van der Waals surface area contributed by atoms with Crippen molar-refractivity contribution < 1.29 is 4.79 Å². The number of benzene rings is 2. The Bertz CT molecular complexity index is 980. The fraction of sp³-hybridized carbons (Fsp3) is 0.0526.